The molecule has 0 radical (unpaired) electrons. The van der Waals surface area contributed by atoms with Gasteiger partial charge in [0.25, 0.3) is 5.91 Å². The third-order valence-corrected chi connectivity index (χ3v) is 4.38. The van der Waals surface area contributed by atoms with Crippen LogP contribution in [-0.2, 0) is 4.74 Å². The lowest BCUT2D eigenvalue weighted by Gasteiger charge is -2.35. The third kappa shape index (κ3) is 3.24. The fourth-order valence-corrected chi connectivity index (χ4v) is 3.19. The Kier molecular flexibility index (Phi) is 4.22. The summed E-state index contributed by atoms with van der Waals surface area (Å²) in [5, 5.41) is 2.90. The summed E-state index contributed by atoms with van der Waals surface area (Å²) < 4.78 is 18.9. The minimum atomic E-state index is -0.320. The Balaban J connectivity index is 1.54. The van der Waals surface area contributed by atoms with E-state index in [1.807, 2.05) is 0 Å². The number of hydrogen-bond donors (Lipinski definition) is 1. The number of carbonyl (C=O) groups is 1. The molecule has 0 saturated carbocycles. The normalized spacial score (nSPS) is 25.6. The SMILES string of the molecule is Cc1cc(F)ccc1C(=O)NCC1CN2CCCC2CO1. The van der Waals surface area contributed by atoms with E-state index < -0.39 is 0 Å². The summed E-state index contributed by atoms with van der Waals surface area (Å²) in [6.07, 6.45) is 2.50. The first-order chi connectivity index (χ1) is 10.1. The van der Waals surface area contributed by atoms with Crippen LogP contribution in [0.15, 0.2) is 18.2 Å². The first kappa shape index (κ1) is 14.5. The number of amides is 1. The maximum absolute atomic E-state index is 13.1. The van der Waals surface area contributed by atoms with Crippen molar-refractivity contribution in [2.75, 3.05) is 26.2 Å². The van der Waals surface area contributed by atoms with Gasteiger partial charge in [0.15, 0.2) is 0 Å². The molecule has 1 N–H and O–H groups in total. The molecule has 1 aromatic carbocycles. The van der Waals surface area contributed by atoms with Crippen molar-refractivity contribution < 1.29 is 13.9 Å². The van der Waals surface area contributed by atoms with E-state index in [9.17, 15) is 9.18 Å². The molecule has 0 bridgehead atoms. The Bertz CT molecular complexity index is 535. The van der Waals surface area contributed by atoms with Crippen molar-refractivity contribution >= 4 is 5.91 Å². The molecule has 0 aromatic heterocycles. The number of fused-ring (bicyclic) bond motifs is 1. The van der Waals surface area contributed by atoms with Crippen molar-refractivity contribution in [2.24, 2.45) is 0 Å². The zero-order valence-corrected chi connectivity index (χ0v) is 12.3. The molecule has 4 nitrogen and oxygen atoms in total. The maximum atomic E-state index is 13.1. The van der Waals surface area contributed by atoms with Gasteiger partial charge in [0, 0.05) is 24.7 Å². The van der Waals surface area contributed by atoms with Crippen LogP contribution in [0, 0.1) is 12.7 Å². The van der Waals surface area contributed by atoms with Crippen LogP contribution in [0.3, 0.4) is 0 Å². The molecule has 0 spiro atoms. The summed E-state index contributed by atoms with van der Waals surface area (Å²) >= 11 is 0. The van der Waals surface area contributed by atoms with Crippen molar-refractivity contribution in [2.45, 2.75) is 31.9 Å². The van der Waals surface area contributed by atoms with Gasteiger partial charge in [0.1, 0.15) is 5.82 Å². The number of ether oxygens (including phenoxy) is 1. The molecule has 2 saturated heterocycles. The highest BCUT2D eigenvalue weighted by Crippen LogP contribution is 2.22. The van der Waals surface area contributed by atoms with Gasteiger partial charge in [0.05, 0.1) is 12.7 Å². The molecule has 1 amide bonds. The van der Waals surface area contributed by atoms with E-state index in [-0.39, 0.29) is 17.8 Å². The van der Waals surface area contributed by atoms with Gasteiger partial charge >= 0.3 is 0 Å². The van der Waals surface area contributed by atoms with Crippen molar-refractivity contribution in [1.82, 2.24) is 10.2 Å². The number of nitrogens with one attached hydrogen (secondary N) is 1. The molecular formula is C16H21FN2O2. The Morgan fingerprint density at radius 1 is 1.52 bits per heavy atom. The molecule has 114 valence electrons. The number of benzene rings is 1. The smallest absolute Gasteiger partial charge is 0.251 e. The number of rotatable bonds is 3. The van der Waals surface area contributed by atoms with Crippen LogP contribution in [0.5, 0.6) is 0 Å². The van der Waals surface area contributed by atoms with Gasteiger partial charge in [0.2, 0.25) is 0 Å². The summed E-state index contributed by atoms with van der Waals surface area (Å²) in [4.78, 5) is 14.6. The lowest BCUT2D eigenvalue weighted by molar-refractivity contribution is -0.0461. The van der Waals surface area contributed by atoms with Gasteiger partial charge in [-0.05, 0) is 50.1 Å². The molecule has 2 fully saturated rings. The second-order valence-electron chi connectivity index (χ2n) is 5.92. The van der Waals surface area contributed by atoms with Crippen molar-refractivity contribution in [1.29, 1.82) is 0 Å². The maximum Gasteiger partial charge on any atom is 0.251 e. The van der Waals surface area contributed by atoms with E-state index in [0.29, 0.717) is 23.7 Å². The Labute approximate surface area is 124 Å². The molecular weight excluding hydrogens is 271 g/mol. The molecule has 2 aliphatic rings. The molecule has 1 aromatic rings. The minimum absolute atomic E-state index is 0.0454. The molecule has 2 heterocycles. The average Bonchev–Trinajstić information content (AvgIpc) is 2.92. The first-order valence-electron chi connectivity index (χ1n) is 7.53. The summed E-state index contributed by atoms with van der Waals surface area (Å²) in [5.41, 5.74) is 1.17. The zero-order chi connectivity index (χ0) is 14.8. The molecule has 2 unspecified atom stereocenters. The second-order valence-corrected chi connectivity index (χ2v) is 5.92. The lowest BCUT2D eigenvalue weighted by Crippen LogP contribution is -2.50. The molecule has 21 heavy (non-hydrogen) atoms. The standard InChI is InChI=1S/C16H21FN2O2/c1-11-7-12(17)4-5-15(11)16(20)18-8-14-9-19-6-2-3-13(19)10-21-14/h4-5,7,13-14H,2-3,6,8-10H2,1H3,(H,18,20). The predicted octanol–water partition coefficient (Wildman–Crippen LogP) is 1.73. The van der Waals surface area contributed by atoms with Crippen LogP contribution >= 0.6 is 0 Å². The van der Waals surface area contributed by atoms with Crippen LogP contribution < -0.4 is 5.32 Å². The fourth-order valence-electron chi connectivity index (χ4n) is 3.19. The monoisotopic (exact) mass is 292 g/mol. The van der Waals surface area contributed by atoms with E-state index in [4.69, 9.17) is 4.74 Å². The number of halogens is 1. The number of aryl methyl sites for hydroxylation is 1. The zero-order valence-electron chi connectivity index (χ0n) is 12.3. The van der Waals surface area contributed by atoms with Gasteiger partial charge < -0.3 is 10.1 Å². The lowest BCUT2D eigenvalue weighted by atomic mass is 10.1. The van der Waals surface area contributed by atoms with Crippen LogP contribution in [0.4, 0.5) is 4.39 Å². The number of hydrogen-bond acceptors (Lipinski definition) is 3. The van der Waals surface area contributed by atoms with E-state index in [0.717, 1.165) is 19.7 Å². The topological polar surface area (TPSA) is 41.6 Å². The predicted molar refractivity (Wildman–Crippen MR) is 77.8 cm³/mol. The Hall–Kier alpha value is -1.46. The van der Waals surface area contributed by atoms with Crippen molar-refractivity contribution in [3.8, 4) is 0 Å². The first-order valence-corrected chi connectivity index (χ1v) is 7.53. The average molecular weight is 292 g/mol. The van der Waals surface area contributed by atoms with Crippen LogP contribution in [-0.4, -0.2) is 49.2 Å². The third-order valence-electron chi connectivity index (χ3n) is 4.38. The van der Waals surface area contributed by atoms with Crippen LogP contribution in [0.25, 0.3) is 0 Å². The molecule has 2 aliphatic heterocycles. The largest absolute Gasteiger partial charge is 0.373 e. The summed E-state index contributed by atoms with van der Waals surface area (Å²) in [6, 6.07) is 4.78. The highest BCUT2D eigenvalue weighted by molar-refractivity contribution is 5.95. The minimum Gasteiger partial charge on any atom is -0.373 e. The summed E-state index contributed by atoms with van der Waals surface area (Å²) in [5.74, 6) is -0.487. The summed E-state index contributed by atoms with van der Waals surface area (Å²) in [7, 11) is 0. The van der Waals surface area contributed by atoms with Gasteiger partial charge in [-0.25, -0.2) is 4.39 Å². The van der Waals surface area contributed by atoms with Crippen LogP contribution in [0.1, 0.15) is 28.8 Å². The molecule has 3 rings (SSSR count). The quantitative estimate of drug-likeness (QED) is 0.922. The Morgan fingerprint density at radius 3 is 3.19 bits per heavy atom. The summed E-state index contributed by atoms with van der Waals surface area (Å²) in [6.45, 7) is 5.02. The number of morpholine rings is 1. The van der Waals surface area contributed by atoms with Gasteiger partial charge in [-0.3, -0.25) is 9.69 Å². The molecule has 0 aliphatic carbocycles. The van der Waals surface area contributed by atoms with E-state index in [1.165, 1.54) is 31.0 Å². The van der Waals surface area contributed by atoms with Crippen LogP contribution in [0.2, 0.25) is 0 Å². The van der Waals surface area contributed by atoms with Gasteiger partial charge in [-0.1, -0.05) is 0 Å². The fraction of sp³-hybridized carbons (Fsp3) is 0.562. The Morgan fingerprint density at radius 2 is 2.38 bits per heavy atom. The highest BCUT2D eigenvalue weighted by Gasteiger charge is 2.32. The second kappa shape index (κ2) is 6.12. The number of nitrogens with zero attached hydrogens (tertiary/aromatic N) is 1. The van der Waals surface area contributed by atoms with E-state index >= 15 is 0 Å². The molecule has 5 heteroatoms. The van der Waals surface area contributed by atoms with Gasteiger partial charge in [-0.15, -0.1) is 0 Å². The molecule has 2 atom stereocenters. The highest BCUT2D eigenvalue weighted by atomic mass is 19.1. The van der Waals surface area contributed by atoms with E-state index in [2.05, 4.69) is 10.2 Å². The van der Waals surface area contributed by atoms with Gasteiger partial charge in [-0.2, -0.15) is 0 Å². The number of carbonyl (C=O) groups excluding carboxylic acids is 1. The van der Waals surface area contributed by atoms with Crippen molar-refractivity contribution in [3.05, 3.63) is 35.1 Å². The van der Waals surface area contributed by atoms with Crippen molar-refractivity contribution in [3.63, 3.8) is 0 Å². The van der Waals surface area contributed by atoms with E-state index in [1.54, 1.807) is 6.92 Å².